The van der Waals surface area contributed by atoms with Crippen molar-refractivity contribution in [1.82, 2.24) is 14.5 Å². The third kappa shape index (κ3) is 5.30. The van der Waals surface area contributed by atoms with E-state index < -0.39 is 11.2 Å². The summed E-state index contributed by atoms with van der Waals surface area (Å²) in [6.07, 6.45) is 3.11. The number of nitrogens with one attached hydrogen (secondary N) is 1. The smallest absolute Gasteiger partial charge is 0.331 e. The van der Waals surface area contributed by atoms with Gasteiger partial charge in [-0.2, -0.15) is 0 Å². The molecular formula is C22H23N3O3. The number of amides is 1. The maximum absolute atomic E-state index is 12.6. The number of rotatable bonds is 8. The van der Waals surface area contributed by atoms with Crippen molar-refractivity contribution in [3.05, 3.63) is 105 Å². The van der Waals surface area contributed by atoms with Crippen molar-refractivity contribution >= 4 is 5.91 Å². The first kappa shape index (κ1) is 19.4. The molecule has 0 atom stereocenters. The lowest BCUT2D eigenvalue weighted by atomic mass is 10.1. The molecule has 0 radical (unpaired) electrons. The largest absolute Gasteiger partial charge is 0.355 e. The standard InChI is InChI=1S/C22H23N3O3/c26-20(23-14-7-12-18-8-3-1-4-9-18)17-25-21(27)13-15-24(22(25)28)16-19-10-5-2-6-11-19/h1-6,8-11,13,15H,7,12,14,16-17H2,(H,23,26). The Morgan fingerprint density at radius 2 is 1.50 bits per heavy atom. The second-order valence-electron chi connectivity index (χ2n) is 6.58. The van der Waals surface area contributed by atoms with Gasteiger partial charge in [0.25, 0.3) is 5.56 Å². The minimum absolute atomic E-state index is 0.279. The van der Waals surface area contributed by atoms with Gasteiger partial charge in [0.1, 0.15) is 6.54 Å². The van der Waals surface area contributed by atoms with Crippen molar-refractivity contribution in [1.29, 1.82) is 0 Å². The molecule has 1 N–H and O–H groups in total. The average Bonchev–Trinajstić information content (AvgIpc) is 2.72. The van der Waals surface area contributed by atoms with Crippen LogP contribution >= 0.6 is 0 Å². The van der Waals surface area contributed by atoms with Gasteiger partial charge >= 0.3 is 5.69 Å². The van der Waals surface area contributed by atoms with E-state index in [0.717, 1.165) is 23.0 Å². The van der Waals surface area contributed by atoms with Gasteiger partial charge in [0.15, 0.2) is 0 Å². The van der Waals surface area contributed by atoms with Crippen LogP contribution in [0.2, 0.25) is 0 Å². The third-order valence-electron chi connectivity index (χ3n) is 4.44. The fourth-order valence-electron chi connectivity index (χ4n) is 2.97. The molecule has 1 amide bonds. The lowest BCUT2D eigenvalue weighted by molar-refractivity contribution is -0.121. The number of aromatic nitrogens is 2. The van der Waals surface area contributed by atoms with Gasteiger partial charge in [-0.25, -0.2) is 4.79 Å². The van der Waals surface area contributed by atoms with E-state index in [2.05, 4.69) is 5.32 Å². The minimum atomic E-state index is -0.490. The number of hydrogen-bond donors (Lipinski definition) is 1. The maximum atomic E-state index is 12.6. The molecular weight excluding hydrogens is 354 g/mol. The van der Waals surface area contributed by atoms with Crippen LogP contribution in [0.15, 0.2) is 82.5 Å². The van der Waals surface area contributed by atoms with E-state index in [4.69, 9.17) is 0 Å². The van der Waals surface area contributed by atoms with E-state index in [1.54, 1.807) is 0 Å². The van der Waals surface area contributed by atoms with Gasteiger partial charge in [-0.3, -0.25) is 18.7 Å². The van der Waals surface area contributed by atoms with Crippen LogP contribution in [0.1, 0.15) is 17.5 Å². The Labute approximate surface area is 163 Å². The summed E-state index contributed by atoms with van der Waals surface area (Å²) in [4.78, 5) is 36.8. The van der Waals surface area contributed by atoms with Crippen LogP contribution in [-0.4, -0.2) is 21.6 Å². The van der Waals surface area contributed by atoms with E-state index >= 15 is 0 Å². The van der Waals surface area contributed by atoms with Crippen molar-refractivity contribution in [2.24, 2.45) is 0 Å². The maximum Gasteiger partial charge on any atom is 0.331 e. The molecule has 0 spiro atoms. The van der Waals surface area contributed by atoms with Crippen molar-refractivity contribution in [3.63, 3.8) is 0 Å². The minimum Gasteiger partial charge on any atom is -0.355 e. The SMILES string of the molecule is O=C(Cn1c(=O)ccn(Cc2ccccc2)c1=O)NCCCc1ccccc1. The monoisotopic (exact) mass is 377 g/mol. The Kier molecular flexibility index (Phi) is 6.57. The van der Waals surface area contributed by atoms with E-state index in [0.29, 0.717) is 13.1 Å². The zero-order chi connectivity index (χ0) is 19.8. The van der Waals surface area contributed by atoms with Crippen molar-refractivity contribution in [2.75, 3.05) is 6.54 Å². The van der Waals surface area contributed by atoms with Crippen LogP contribution in [0.4, 0.5) is 0 Å². The second-order valence-corrected chi connectivity index (χ2v) is 6.58. The summed E-state index contributed by atoms with van der Waals surface area (Å²) >= 11 is 0. The van der Waals surface area contributed by atoms with Gasteiger partial charge in [0.05, 0.1) is 6.54 Å². The summed E-state index contributed by atoms with van der Waals surface area (Å²) in [7, 11) is 0. The molecule has 0 saturated carbocycles. The van der Waals surface area contributed by atoms with E-state index in [1.807, 2.05) is 60.7 Å². The molecule has 0 aliphatic rings. The number of hydrogen-bond acceptors (Lipinski definition) is 3. The quantitative estimate of drug-likeness (QED) is 0.609. The Balaban J connectivity index is 1.58. The molecule has 0 saturated heterocycles. The fraction of sp³-hybridized carbons (Fsp3) is 0.227. The van der Waals surface area contributed by atoms with E-state index in [-0.39, 0.29) is 12.5 Å². The highest BCUT2D eigenvalue weighted by atomic mass is 16.2. The summed E-state index contributed by atoms with van der Waals surface area (Å²) in [5, 5.41) is 2.78. The number of nitrogens with zero attached hydrogens (tertiary/aromatic N) is 2. The molecule has 0 aliphatic carbocycles. The van der Waals surface area contributed by atoms with Gasteiger partial charge in [0, 0.05) is 18.8 Å². The number of benzene rings is 2. The van der Waals surface area contributed by atoms with E-state index in [9.17, 15) is 14.4 Å². The zero-order valence-corrected chi connectivity index (χ0v) is 15.6. The molecule has 3 rings (SSSR count). The molecule has 0 bridgehead atoms. The van der Waals surface area contributed by atoms with Gasteiger partial charge in [0.2, 0.25) is 5.91 Å². The number of carbonyl (C=O) groups excluding carboxylic acids is 1. The first-order valence-corrected chi connectivity index (χ1v) is 9.28. The molecule has 28 heavy (non-hydrogen) atoms. The summed E-state index contributed by atoms with van der Waals surface area (Å²) in [5.41, 5.74) is 1.18. The molecule has 0 aliphatic heterocycles. The molecule has 1 heterocycles. The van der Waals surface area contributed by atoms with Crippen LogP contribution < -0.4 is 16.6 Å². The van der Waals surface area contributed by atoms with Gasteiger partial charge in [-0.05, 0) is 24.0 Å². The summed E-state index contributed by atoms with van der Waals surface area (Å²) < 4.78 is 2.40. The van der Waals surface area contributed by atoms with Crippen LogP contribution in [0.5, 0.6) is 0 Å². The van der Waals surface area contributed by atoms with Crippen molar-refractivity contribution in [2.45, 2.75) is 25.9 Å². The molecule has 0 fully saturated rings. The summed E-state index contributed by atoms with van der Waals surface area (Å²) in [5.74, 6) is -0.343. The van der Waals surface area contributed by atoms with Crippen molar-refractivity contribution in [3.8, 4) is 0 Å². The summed E-state index contributed by atoms with van der Waals surface area (Å²) in [6, 6.07) is 20.8. The van der Waals surface area contributed by atoms with Gasteiger partial charge in [-0.15, -0.1) is 0 Å². The van der Waals surface area contributed by atoms with Crippen LogP contribution in [0.25, 0.3) is 0 Å². The normalized spacial score (nSPS) is 10.6. The molecule has 0 unspecified atom stereocenters. The molecule has 6 heteroatoms. The molecule has 6 nitrogen and oxygen atoms in total. The highest BCUT2D eigenvalue weighted by Gasteiger charge is 2.10. The Morgan fingerprint density at radius 3 is 2.18 bits per heavy atom. The van der Waals surface area contributed by atoms with Crippen LogP contribution in [0, 0.1) is 0 Å². The van der Waals surface area contributed by atoms with Crippen LogP contribution in [-0.2, 0) is 24.3 Å². The molecule has 3 aromatic rings. The second kappa shape index (κ2) is 9.50. The van der Waals surface area contributed by atoms with Gasteiger partial charge in [-0.1, -0.05) is 60.7 Å². The fourth-order valence-corrected chi connectivity index (χ4v) is 2.97. The zero-order valence-electron chi connectivity index (χ0n) is 15.6. The molecule has 144 valence electrons. The Morgan fingerprint density at radius 1 is 0.857 bits per heavy atom. The van der Waals surface area contributed by atoms with E-state index in [1.165, 1.54) is 22.4 Å². The lowest BCUT2D eigenvalue weighted by Crippen LogP contribution is -2.43. The predicted octanol–water partition coefficient (Wildman–Crippen LogP) is 1.81. The summed E-state index contributed by atoms with van der Waals surface area (Å²) in [6.45, 7) is 0.560. The highest BCUT2D eigenvalue weighted by Crippen LogP contribution is 2.01. The average molecular weight is 377 g/mol. The van der Waals surface area contributed by atoms with Gasteiger partial charge < -0.3 is 5.32 Å². The first-order valence-electron chi connectivity index (χ1n) is 9.28. The predicted molar refractivity (Wildman–Crippen MR) is 108 cm³/mol. The van der Waals surface area contributed by atoms with Crippen LogP contribution in [0.3, 0.4) is 0 Å². The highest BCUT2D eigenvalue weighted by molar-refractivity contribution is 5.75. The Bertz CT molecular complexity index is 1020. The van der Waals surface area contributed by atoms with Crippen molar-refractivity contribution < 1.29 is 4.79 Å². The number of carbonyl (C=O) groups is 1. The first-order chi connectivity index (χ1) is 13.6. The number of aryl methyl sites for hydroxylation is 1. The third-order valence-corrected chi connectivity index (χ3v) is 4.44. The topological polar surface area (TPSA) is 73.1 Å². The molecule has 1 aromatic heterocycles. The Hall–Kier alpha value is -3.41. The lowest BCUT2D eigenvalue weighted by Gasteiger charge is -2.10. The molecule has 2 aromatic carbocycles.